The molecule has 0 aliphatic rings. The van der Waals surface area contributed by atoms with E-state index >= 15 is 0 Å². The summed E-state index contributed by atoms with van der Waals surface area (Å²) >= 11 is 0. The molecule has 0 amide bonds. The van der Waals surface area contributed by atoms with Gasteiger partial charge in [-0.25, -0.2) is 0 Å². The van der Waals surface area contributed by atoms with E-state index in [2.05, 4.69) is 4.98 Å². The van der Waals surface area contributed by atoms with Crippen molar-refractivity contribution in [3.63, 3.8) is 0 Å². The molecule has 4 heteroatoms. The summed E-state index contributed by atoms with van der Waals surface area (Å²) in [6.07, 6.45) is 1.53. The predicted molar refractivity (Wildman–Crippen MR) is 61.1 cm³/mol. The standard InChI is InChI=1S/C12H10N2O2/c1-9-7-11(8-13-12(9)14(15)16)10-5-3-2-4-6-10/h2-8H,1H3. The third-order valence-electron chi connectivity index (χ3n) is 2.33. The van der Waals surface area contributed by atoms with Crippen LogP contribution in [0.3, 0.4) is 0 Å². The fourth-order valence-electron chi connectivity index (χ4n) is 1.55. The van der Waals surface area contributed by atoms with Gasteiger partial charge in [-0.05, 0) is 28.5 Å². The first kappa shape index (κ1) is 10.3. The summed E-state index contributed by atoms with van der Waals surface area (Å²) in [5, 5.41) is 10.6. The number of benzene rings is 1. The fraction of sp³-hybridized carbons (Fsp3) is 0.0833. The lowest BCUT2D eigenvalue weighted by Gasteiger charge is -2.01. The number of hydrogen-bond acceptors (Lipinski definition) is 3. The minimum atomic E-state index is -0.468. The second-order valence-electron chi connectivity index (χ2n) is 3.49. The Hall–Kier alpha value is -2.23. The molecule has 0 spiro atoms. The first-order valence-corrected chi connectivity index (χ1v) is 4.85. The molecule has 0 unspecified atom stereocenters. The molecular weight excluding hydrogens is 204 g/mol. The van der Waals surface area contributed by atoms with Gasteiger partial charge in [-0.1, -0.05) is 30.3 Å². The van der Waals surface area contributed by atoms with E-state index in [1.807, 2.05) is 30.3 Å². The molecule has 16 heavy (non-hydrogen) atoms. The molecule has 2 aromatic rings. The number of nitro groups is 1. The average Bonchev–Trinajstić information content (AvgIpc) is 2.29. The third-order valence-corrected chi connectivity index (χ3v) is 2.33. The summed E-state index contributed by atoms with van der Waals surface area (Å²) < 4.78 is 0. The highest BCUT2D eigenvalue weighted by atomic mass is 16.6. The van der Waals surface area contributed by atoms with Gasteiger partial charge < -0.3 is 10.1 Å². The van der Waals surface area contributed by atoms with Crippen molar-refractivity contribution in [2.45, 2.75) is 6.92 Å². The lowest BCUT2D eigenvalue weighted by atomic mass is 10.1. The predicted octanol–water partition coefficient (Wildman–Crippen LogP) is 2.97. The van der Waals surface area contributed by atoms with Gasteiger partial charge in [0.15, 0.2) is 0 Å². The minimum Gasteiger partial charge on any atom is -0.358 e. The molecular formula is C12H10N2O2. The maximum atomic E-state index is 10.6. The number of nitrogens with zero attached hydrogens (tertiary/aromatic N) is 2. The van der Waals surface area contributed by atoms with E-state index in [0.717, 1.165) is 11.1 Å². The molecule has 0 N–H and O–H groups in total. The van der Waals surface area contributed by atoms with Crippen molar-refractivity contribution in [1.29, 1.82) is 0 Å². The zero-order valence-electron chi connectivity index (χ0n) is 8.75. The largest absolute Gasteiger partial charge is 0.366 e. The van der Waals surface area contributed by atoms with Gasteiger partial charge in [0.05, 0.1) is 0 Å². The lowest BCUT2D eigenvalue weighted by Crippen LogP contribution is -1.95. The molecule has 1 aromatic heterocycles. The van der Waals surface area contributed by atoms with Gasteiger partial charge >= 0.3 is 5.82 Å². The molecule has 0 saturated heterocycles. The Balaban J connectivity index is 2.46. The number of rotatable bonds is 2. The van der Waals surface area contributed by atoms with Crippen LogP contribution >= 0.6 is 0 Å². The smallest absolute Gasteiger partial charge is 0.358 e. The van der Waals surface area contributed by atoms with Gasteiger partial charge in [-0.2, -0.15) is 0 Å². The van der Waals surface area contributed by atoms with E-state index in [0.29, 0.717) is 5.56 Å². The molecule has 0 bridgehead atoms. The molecule has 80 valence electrons. The van der Waals surface area contributed by atoms with Crippen LogP contribution in [0.2, 0.25) is 0 Å². The maximum absolute atomic E-state index is 10.6. The molecule has 0 aliphatic carbocycles. The highest BCUT2D eigenvalue weighted by Gasteiger charge is 2.12. The maximum Gasteiger partial charge on any atom is 0.366 e. The number of hydrogen-bond donors (Lipinski definition) is 0. The summed E-state index contributed by atoms with van der Waals surface area (Å²) in [6.45, 7) is 1.69. The summed E-state index contributed by atoms with van der Waals surface area (Å²) in [5.74, 6) is -0.0836. The van der Waals surface area contributed by atoms with Crippen LogP contribution in [0, 0.1) is 17.0 Å². The quantitative estimate of drug-likeness (QED) is 0.570. The topological polar surface area (TPSA) is 56.0 Å². The fourth-order valence-corrected chi connectivity index (χ4v) is 1.55. The molecule has 0 radical (unpaired) electrons. The molecule has 0 fully saturated rings. The Labute approximate surface area is 92.7 Å². The molecule has 4 nitrogen and oxygen atoms in total. The molecule has 0 aliphatic heterocycles. The second kappa shape index (κ2) is 4.10. The van der Waals surface area contributed by atoms with E-state index in [4.69, 9.17) is 0 Å². The van der Waals surface area contributed by atoms with Gasteiger partial charge in [-0.3, -0.25) is 0 Å². The van der Waals surface area contributed by atoms with E-state index in [-0.39, 0.29) is 5.82 Å². The molecule has 1 aromatic carbocycles. The first-order chi connectivity index (χ1) is 7.68. The van der Waals surface area contributed by atoms with Crippen LogP contribution in [0.4, 0.5) is 5.82 Å². The first-order valence-electron chi connectivity index (χ1n) is 4.85. The zero-order valence-corrected chi connectivity index (χ0v) is 8.75. The molecule has 0 atom stereocenters. The van der Waals surface area contributed by atoms with Crippen LogP contribution < -0.4 is 0 Å². The van der Waals surface area contributed by atoms with Crippen LogP contribution in [0.25, 0.3) is 11.1 Å². The summed E-state index contributed by atoms with van der Waals surface area (Å²) in [6, 6.07) is 11.4. The summed E-state index contributed by atoms with van der Waals surface area (Å²) in [5.41, 5.74) is 2.48. The van der Waals surface area contributed by atoms with Crippen molar-refractivity contribution in [2.24, 2.45) is 0 Å². The van der Waals surface area contributed by atoms with Crippen LogP contribution in [0.5, 0.6) is 0 Å². The Morgan fingerprint density at radius 2 is 1.88 bits per heavy atom. The summed E-state index contributed by atoms with van der Waals surface area (Å²) in [4.78, 5) is 14.0. The highest BCUT2D eigenvalue weighted by Crippen LogP contribution is 2.23. The monoisotopic (exact) mass is 214 g/mol. The lowest BCUT2D eigenvalue weighted by molar-refractivity contribution is -0.390. The Morgan fingerprint density at radius 3 is 2.44 bits per heavy atom. The zero-order chi connectivity index (χ0) is 11.5. The van der Waals surface area contributed by atoms with Crippen molar-refractivity contribution in [2.75, 3.05) is 0 Å². The minimum absolute atomic E-state index is 0.0836. The van der Waals surface area contributed by atoms with Crippen molar-refractivity contribution in [1.82, 2.24) is 4.98 Å². The van der Waals surface area contributed by atoms with Gasteiger partial charge in [-0.15, -0.1) is 0 Å². The van der Waals surface area contributed by atoms with Gasteiger partial charge in [0, 0.05) is 11.1 Å². The molecule has 2 rings (SSSR count). The summed E-state index contributed by atoms with van der Waals surface area (Å²) in [7, 11) is 0. The van der Waals surface area contributed by atoms with Gasteiger partial charge in [0.2, 0.25) is 0 Å². The number of aryl methyl sites for hydroxylation is 1. The van der Waals surface area contributed by atoms with Crippen LogP contribution in [0.15, 0.2) is 42.6 Å². The van der Waals surface area contributed by atoms with Crippen molar-refractivity contribution in [3.05, 3.63) is 58.3 Å². The Morgan fingerprint density at radius 1 is 1.19 bits per heavy atom. The van der Waals surface area contributed by atoms with E-state index in [1.54, 1.807) is 13.0 Å². The Bertz CT molecular complexity index is 524. The van der Waals surface area contributed by atoms with Gasteiger partial charge in [0.1, 0.15) is 6.20 Å². The van der Waals surface area contributed by atoms with Crippen LogP contribution in [0.1, 0.15) is 5.56 Å². The van der Waals surface area contributed by atoms with E-state index < -0.39 is 4.92 Å². The van der Waals surface area contributed by atoms with Crippen molar-refractivity contribution in [3.8, 4) is 11.1 Å². The number of aromatic nitrogens is 1. The van der Waals surface area contributed by atoms with Crippen molar-refractivity contribution < 1.29 is 4.92 Å². The third kappa shape index (κ3) is 1.91. The number of pyridine rings is 1. The highest BCUT2D eigenvalue weighted by molar-refractivity contribution is 5.64. The average molecular weight is 214 g/mol. The normalized spacial score (nSPS) is 10.1. The SMILES string of the molecule is Cc1cc(-c2ccccc2)cnc1[N+](=O)[O-]. The van der Waals surface area contributed by atoms with Crippen LogP contribution in [-0.4, -0.2) is 9.91 Å². The van der Waals surface area contributed by atoms with E-state index in [9.17, 15) is 10.1 Å². The van der Waals surface area contributed by atoms with Crippen LogP contribution in [-0.2, 0) is 0 Å². The Kier molecular flexibility index (Phi) is 2.64. The molecule has 0 saturated carbocycles. The molecule has 1 heterocycles. The van der Waals surface area contributed by atoms with Crippen molar-refractivity contribution >= 4 is 5.82 Å². The second-order valence-corrected chi connectivity index (χ2v) is 3.49. The van der Waals surface area contributed by atoms with E-state index in [1.165, 1.54) is 6.20 Å². The van der Waals surface area contributed by atoms with Gasteiger partial charge in [0.25, 0.3) is 0 Å².